The van der Waals surface area contributed by atoms with Crippen molar-refractivity contribution in [3.8, 4) is 0 Å². The van der Waals surface area contributed by atoms with Crippen LogP contribution in [-0.4, -0.2) is 19.6 Å². The van der Waals surface area contributed by atoms with Gasteiger partial charge in [-0.15, -0.1) is 0 Å². The van der Waals surface area contributed by atoms with E-state index in [-0.39, 0.29) is 0 Å². The zero-order valence-electron chi connectivity index (χ0n) is 10.3. The molecule has 0 radical (unpaired) electrons. The SMILES string of the molecule is CC(C)CNCC1NCCc2ccccc21. The van der Waals surface area contributed by atoms with Crippen LogP contribution in [0.5, 0.6) is 0 Å². The first kappa shape index (κ1) is 11.6. The number of hydrogen-bond acceptors (Lipinski definition) is 2. The summed E-state index contributed by atoms with van der Waals surface area (Å²) in [5.74, 6) is 0.721. The summed E-state index contributed by atoms with van der Waals surface area (Å²) in [5.41, 5.74) is 2.99. The van der Waals surface area contributed by atoms with Gasteiger partial charge in [-0.25, -0.2) is 0 Å². The van der Waals surface area contributed by atoms with Gasteiger partial charge in [0.25, 0.3) is 0 Å². The zero-order chi connectivity index (χ0) is 11.4. The topological polar surface area (TPSA) is 24.1 Å². The summed E-state index contributed by atoms with van der Waals surface area (Å²) >= 11 is 0. The molecule has 1 aliphatic rings. The van der Waals surface area contributed by atoms with E-state index in [9.17, 15) is 0 Å². The van der Waals surface area contributed by atoms with Crippen molar-refractivity contribution in [3.63, 3.8) is 0 Å². The lowest BCUT2D eigenvalue weighted by molar-refractivity contribution is 0.448. The second-order valence-electron chi connectivity index (χ2n) is 5.01. The molecular formula is C14H22N2. The van der Waals surface area contributed by atoms with Crippen molar-refractivity contribution in [2.24, 2.45) is 5.92 Å². The highest BCUT2D eigenvalue weighted by molar-refractivity contribution is 5.32. The van der Waals surface area contributed by atoms with Crippen molar-refractivity contribution in [2.75, 3.05) is 19.6 Å². The lowest BCUT2D eigenvalue weighted by atomic mass is 9.94. The average molecular weight is 218 g/mol. The van der Waals surface area contributed by atoms with E-state index in [1.165, 1.54) is 11.1 Å². The van der Waals surface area contributed by atoms with Crippen LogP contribution in [0.4, 0.5) is 0 Å². The third-order valence-corrected chi connectivity index (χ3v) is 3.12. The fourth-order valence-corrected chi connectivity index (χ4v) is 2.29. The monoisotopic (exact) mass is 218 g/mol. The molecular weight excluding hydrogens is 196 g/mol. The van der Waals surface area contributed by atoms with Gasteiger partial charge < -0.3 is 10.6 Å². The van der Waals surface area contributed by atoms with Crippen LogP contribution in [0.3, 0.4) is 0 Å². The number of nitrogens with one attached hydrogen (secondary N) is 2. The molecule has 2 heteroatoms. The summed E-state index contributed by atoms with van der Waals surface area (Å²) < 4.78 is 0. The first-order chi connectivity index (χ1) is 7.77. The highest BCUT2D eigenvalue weighted by Crippen LogP contribution is 2.21. The van der Waals surface area contributed by atoms with E-state index < -0.39 is 0 Å². The van der Waals surface area contributed by atoms with Crippen LogP contribution < -0.4 is 10.6 Å². The van der Waals surface area contributed by atoms with Crippen LogP contribution in [0, 0.1) is 5.92 Å². The number of fused-ring (bicyclic) bond motifs is 1. The van der Waals surface area contributed by atoms with E-state index in [2.05, 4.69) is 48.7 Å². The van der Waals surface area contributed by atoms with Crippen molar-refractivity contribution < 1.29 is 0 Å². The Morgan fingerprint density at radius 3 is 3.00 bits per heavy atom. The molecule has 2 rings (SSSR count). The molecule has 0 amide bonds. The maximum absolute atomic E-state index is 3.59. The van der Waals surface area contributed by atoms with Crippen LogP contribution in [-0.2, 0) is 6.42 Å². The molecule has 1 heterocycles. The highest BCUT2D eigenvalue weighted by atomic mass is 15.0. The molecule has 0 saturated heterocycles. The lowest BCUT2D eigenvalue weighted by Crippen LogP contribution is -2.37. The molecule has 1 aliphatic heterocycles. The normalized spacial score (nSPS) is 19.8. The first-order valence-electron chi connectivity index (χ1n) is 6.29. The van der Waals surface area contributed by atoms with E-state index in [1.54, 1.807) is 0 Å². The predicted octanol–water partition coefficient (Wildman–Crippen LogP) is 2.12. The van der Waals surface area contributed by atoms with Crippen molar-refractivity contribution in [1.29, 1.82) is 0 Å². The Bertz CT molecular complexity index is 333. The molecule has 0 aliphatic carbocycles. The third-order valence-electron chi connectivity index (χ3n) is 3.12. The van der Waals surface area contributed by atoms with Crippen molar-refractivity contribution in [3.05, 3.63) is 35.4 Å². The molecule has 16 heavy (non-hydrogen) atoms. The molecule has 1 atom stereocenters. The van der Waals surface area contributed by atoms with E-state index in [4.69, 9.17) is 0 Å². The first-order valence-corrected chi connectivity index (χ1v) is 6.29. The molecule has 0 fully saturated rings. The lowest BCUT2D eigenvalue weighted by Gasteiger charge is -2.27. The van der Waals surface area contributed by atoms with Gasteiger partial charge in [0, 0.05) is 12.6 Å². The van der Waals surface area contributed by atoms with Crippen molar-refractivity contribution in [2.45, 2.75) is 26.3 Å². The Hall–Kier alpha value is -0.860. The summed E-state index contributed by atoms with van der Waals surface area (Å²) in [5, 5.41) is 7.12. The van der Waals surface area contributed by atoms with Crippen LogP contribution in [0.1, 0.15) is 31.0 Å². The maximum Gasteiger partial charge on any atom is 0.0449 e. The Kier molecular flexibility index (Phi) is 3.97. The minimum Gasteiger partial charge on any atom is -0.315 e. The van der Waals surface area contributed by atoms with Crippen LogP contribution in [0.25, 0.3) is 0 Å². The smallest absolute Gasteiger partial charge is 0.0449 e. The number of rotatable bonds is 4. The van der Waals surface area contributed by atoms with E-state index in [0.717, 1.165) is 32.0 Å². The minimum atomic E-state index is 0.490. The summed E-state index contributed by atoms with van der Waals surface area (Å²) in [4.78, 5) is 0. The summed E-state index contributed by atoms with van der Waals surface area (Å²) in [6.45, 7) is 7.73. The fraction of sp³-hybridized carbons (Fsp3) is 0.571. The Morgan fingerprint density at radius 2 is 2.19 bits per heavy atom. The van der Waals surface area contributed by atoms with Gasteiger partial charge in [-0.1, -0.05) is 38.1 Å². The van der Waals surface area contributed by atoms with Gasteiger partial charge in [0.2, 0.25) is 0 Å². The summed E-state index contributed by atoms with van der Waals surface area (Å²) in [6.07, 6.45) is 1.16. The quantitative estimate of drug-likeness (QED) is 0.809. The Labute approximate surface area is 98.4 Å². The standard InChI is InChI=1S/C14H22N2/c1-11(2)9-15-10-14-13-6-4-3-5-12(13)7-8-16-14/h3-6,11,14-16H,7-10H2,1-2H3. The number of benzene rings is 1. The van der Waals surface area contributed by atoms with E-state index in [0.29, 0.717) is 6.04 Å². The fourth-order valence-electron chi connectivity index (χ4n) is 2.29. The van der Waals surface area contributed by atoms with Crippen LogP contribution in [0.15, 0.2) is 24.3 Å². The Morgan fingerprint density at radius 1 is 1.38 bits per heavy atom. The summed E-state index contributed by atoms with van der Waals surface area (Å²) in [6, 6.07) is 9.28. The molecule has 1 aromatic rings. The second-order valence-corrected chi connectivity index (χ2v) is 5.01. The van der Waals surface area contributed by atoms with Crippen molar-refractivity contribution >= 4 is 0 Å². The van der Waals surface area contributed by atoms with E-state index in [1.807, 2.05) is 0 Å². The molecule has 2 N–H and O–H groups in total. The van der Waals surface area contributed by atoms with Crippen LogP contribution in [0.2, 0.25) is 0 Å². The minimum absolute atomic E-state index is 0.490. The zero-order valence-corrected chi connectivity index (χ0v) is 10.3. The molecule has 1 unspecified atom stereocenters. The summed E-state index contributed by atoms with van der Waals surface area (Å²) in [7, 11) is 0. The van der Waals surface area contributed by atoms with Crippen LogP contribution >= 0.6 is 0 Å². The Balaban J connectivity index is 1.96. The third kappa shape index (κ3) is 2.83. The molecule has 1 aromatic carbocycles. The second kappa shape index (κ2) is 5.46. The molecule has 0 aromatic heterocycles. The number of hydrogen-bond donors (Lipinski definition) is 2. The molecule has 0 spiro atoms. The van der Waals surface area contributed by atoms with Gasteiger partial charge in [-0.05, 0) is 36.6 Å². The molecule has 88 valence electrons. The average Bonchev–Trinajstić information content (AvgIpc) is 2.29. The van der Waals surface area contributed by atoms with Gasteiger partial charge in [-0.2, -0.15) is 0 Å². The molecule has 2 nitrogen and oxygen atoms in total. The van der Waals surface area contributed by atoms with Gasteiger partial charge >= 0.3 is 0 Å². The molecule has 0 bridgehead atoms. The maximum atomic E-state index is 3.59. The van der Waals surface area contributed by atoms with Crippen molar-refractivity contribution in [1.82, 2.24) is 10.6 Å². The molecule has 0 saturated carbocycles. The predicted molar refractivity (Wildman–Crippen MR) is 68.6 cm³/mol. The highest BCUT2D eigenvalue weighted by Gasteiger charge is 2.18. The van der Waals surface area contributed by atoms with Gasteiger partial charge in [0.1, 0.15) is 0 Å². The van der Waals surface area contributed by atoms with Gasteiger partial charge in [0.15, 0.2) is 0 Å². The van der Waals surface area contributed by atoms with Gasteiger partial charge in [-0.3, -0.25) is 0 Å². The largest absolute Gasteiger partial charge is 0.315 e. The van der Waals surface area contributed by atoms with Gasteiger partial charge in [0.05, 0.1) is 0 Å². The van der Waals surface area contributed by atoms with E-state index >= 15 is 0 Å².